The molecule has 0 bridgehead atoms. The lowest BCUT2D eigenvalue weighted by molar-refractivity contribution is 0.326. The lowest BCUT2D eigenvalue weighted by atomic mass is 10.0. The molecule has 2 aromatic carbocycles. The molecule has 0 aliphatic carbocycles. The molecule has 0 unspecified atom stereocenters. The second kappa shape index (κ2) is 6.99. The zero-order valence-electron chi connectivity index (χ0n) is 13.2. The van der Waals surface area contributed by atoms with Gasteiger partial charge in [-0.25, -0.2) is 17.2 Å². The average Bonchev–Trinajstić information content (AvgIpc) is 2.81. The number of hydrogen-bond donors (Lipinski definition) is 0. The number of nitrogens with zero attached hydrogens (tertiary/aromatic N) is 1. The van der Waals surface area contributed by atoms with Gasteiger partial charge in [0.1, 0.15) is 16.5 Å². The molecule has 1 aliphatic heterocycles. The van der Waals surface area contributed by atoms with Gasteiger partial charge in [0, 0.05) is 6.54 Å². The molecule has 0 aromatic heterocycles. The molecule has 1 heterocycles. The third kappa shape index (κ3) is 3.35. The summed E-state index contributed by atoms with van der Waals surface area (Å²) in [6.07, 6.45) is 3.05. The quantitative estimate of drug-likeness (QED) is 0.828. The van der Waals surface area contributed by atoms with Crippen molar-refractivity contribution in [2.24, 2.45) is 0 Å². The summed E-state index contributed by atoms with van der Waals surface area (Å²) in [5, 5.41) is 0. The number of benzene rings is 2. The lowest BCUT2D eigenvalue weighted by Crippen LogP contribution is -2.35. The molecular formula is C18H19F2NO2S. The predicted octanol–water partition coefficient (Wildman–Crippen LogP) is 4.27. The van der Waals surface area contributed by atoms with Crippen molar-refractivity contribution >= 4 is 10.0 Å². The zero-order valence-corrected chi connectivity index (χ0v) is 14.0. The van der Waals surface area contributed by atoms with E-state index in [0.717, 1.165) is 18.9 Å². The van der Waals surface area contributed by atoms with Crippen LogP contribution >= 0.6 is 0 Å². The molecule has 6 heteroatoms. The minimum absolute atomic E-state index is 0.303. The first kappa shape index (κ1) is 17.0. The molecular weight excluding hydrogens is 332 g/mol. The van der Waals surface area contributed by atoms with Crippen LogP contribution in [0.15, 0.2) is 53.4 Å². The highest BCUT2D eigenvalue weighted by molar-refractivity contribution is 7.89. The van der Waals surface area contributed by atoms with Gasteiger partial charge < -0.3 is 0 Å². The Balaban J connectivity index is 2.06. The first-order chi connectivity index (χ1) is 11.5. The summed E-state index contributed by atoms with van der Waals surface area (Å²) in [6.45, 7) is 0.303. The number of sulfonamides is 1. The molecule has 1 atom stereocenters. The maximum Gasteiger partial charge on any atom is 0.246 e. The van der Waals surface area contributed by atoms with Gasteiger partial charge in [-0.05, 0) is 42.7 Å². The first-order valence-electron chi connectivity index (χ1n) is 8.02. The first-order valence-corrected chi connectivity index (χ1v) is 9.46. The van der Waals surface area contributed by atoms with Crippen LogP contribution < -0.4 is 0 Å². The summed E-state index contributed by atoms with van der Waals surface area (Å²) in [7, 11) is -3.99. The van der Waals surface area contributed by atoms with E-state index in [1.807, 2.05) is 0 Å². The Labute approximate surface area is 141 Å². The number of rotatable bonds is 3. The molecule has 1 saturated heterocycles. The molecule has 0 radical (unpaired) electrons. The summed E-state index contributed by atoms with van der Waals surface area (Å²) in [5.74, 6) is -1.17. The van der Waals surface area contributed by atoms with Crippen LogP contribution in [-0.2, 0) is 10.0 Å². The van der Waals surface area contributed by atoms with Crippen molar-refractivity contribution < 1.29 is 17.2 Å². The second-order valence-corrected chi connectivity index (χ2v) is 7.83. The van der Waals surface area contributed by atoms with E-state index in [1.165, 1.54) is 34.6 Å². The fraction of sp³-hybridized carbons (Fsp3) is 0.333. The van der Waals surface area contributed by atoms with Crippen LogP contribution in [0.5, 0.6) is 0 Å². The Bertz CT molecular complexity index is 823. The summed E-state index contributed by atoms with van der Waals surface area (Å²) < 4.78 is 55.0. The highest BCUT2D eigenvalue weighted by atomic mass is 32.2. The Morgan fingerprint density at radius 1 is 0.958 bits per heavy atom. The van der Waals surface area contributed by atoms with Crippen molar-refractivity contribution in [2.75, 3.05) is 6.54 Å². The SMILES string of the molecule is O=S(=O)(c1ccccc1F)N1CCCCC[C@@H]1c1cccc(F)c1. The van der Waals surface area contributed by atoms with Gasteiger partial charge in [0.2, 0.25) is 10.0 Å². The van der Waals surface area contributed by atoms with Crippen molar-refractivity contribution in [1.29, 1.82) is 0 Å². The van der Waals surface area contributed by atoms with Crippen LogP contribution in [0.25, 0.3) is 0 Å². The van der Waals surface area contributed by atoms with Crippen molar-refractivity contribution in [3.63, 3.8) is 0 Å². The summed E-state index contributed by atoms with van der Waals surface area (Å²) in [6, 6.07) is 10.9. The van der Waals surface area contributed by atoms with Crippen LogP contribution in [0.1, 0.15) is 37.3 Å². The highest BCUT2D eigenvalue weighted by Gasteiger charge is 2.34. The molecule has 1 fully saturated rings. The van der Waals surface area contributed by atoms with Gasteiger partial charge in [0.15, 0.2) is 0 Å². The van der Waals surface area contributed by atoms with Crippen LogP contribution in [0, 0.1) is 11.6 Å². The van der Waals surface area contributed by atoms with E-state index >= 15 is 0 Å². The molecule has 24 heavy (non-hydrogen) atoms. The van der Waals surface area contributed by atoms with Crippen LogP contribution in [-0.4, -0.2) is 19.3 Å². The maximum absolute atomic E-state index is 14.1. The molecule has 0 N–H and O–H groups in total. The van der Waals surface area contributed by atoms with Crippen LogP contribution in [0.2, 0.25) is 0 Å². The number of hydrogen-bond acceptors (Lipinski definition) is 2. The van der Waals surface area contributed by atoms with Crippen LogP contribution in [0.4, 0.5) is 8.78 Å². The Morgan fingerprint density at radius 3 is 2.50 bits per heavy atom. The average molecular weight is 351 g/mol. The third-order valence-corrected chi connectivity index (χ3v) is 6.30. The van der Waals surface area contributed by atoms with Gasteiger partial charge in [0.25, 0.3) is 0 Å². The Hall–Kier alpha value is -1.79. The number of halogens is 2. The van der Waals surface area contributed by atoms with E-state index in [4.69, 9.17) is 0 Å². The van der Waals surface area contributed by atoms with Gasteiger partial charge in [-0.1, -0.05) is 37.1 Å². The van der Waals surface area contributed by atoms with Crippen molar-refractivity contribution in [3.05, 3.63) is 65.7 Å². The monoisotopic (exact) mass is 351 g/mol. The van der Waals surface area contributed by atoms with E-state index in [0.29, 0.717) is 24.9 Å². The van der Waals surface area contributed by atoms with Crippen molar-refractivity contribution in [2.45, 2.75) is 36.6 Å². The van der Waals surface area contributed by atoms with E-state index in [1.54, 1.807) is 12.1 Å². The van der Waals surface area contributed by atoms with E-state index in [-0.39, 0.29) is 4.90 Å². The van der Waals surface area contributed by atoms with Gasteiger partial charge in [-0.3, -0.25) is 0 Å². The minimum atomic E-state index is -3.99. The predicted molar refractivity (Wildman–Crippen MR) is 87.9 cm³/mol. The molecule has 2 aromatic rings. The second-order valence-electron chi connectivity index (χ2n) is 5.97. The molecule has 128 valence electrons. The molecule has 1 aliphatic rings. The molecule has 3 nitrogen and oxygen atoms in total. The van der Waals surface area contributed by atoms with E-state index in [2.05, 4.69) is 0 Å². The summed E-state index contributed by atoms with van der Waals surface area (Å²) >= 11 is 0. The van der Waals surface area contributed by atoms with E-state index < -0.39 is 27.7 Å². The maximum atomic E-state index is 14.1. The van der Waals surface area contributed by atoms with Gasteiger partial charge >= 0.3 is 0 Å². The Morgan fingerprint density at radius 2 is 1.75 bits per heavy atom. The van der Waals surface area contributed by atoms with E-state index in [9.17, 15) is 17.2 Å². The Kier molecular flexibility index (Phi) is 4.96. The third-order valence-electron chi connectivity index (χ3n) is 4.36. The normalized spacial score (nSPS) is 19.8. The minimum Gasteiger partial charge on any atom is -0.207 e. The smallest absolute Gasteiger partial charge is 0.207 e. The summed E-state index contributed by atoms with van der Waals surface area (Å²) in [5.41, 5.74) is 0.608. The van der Waals surface area contributed by atoms with Gasteiger partial charge in [0.05, 0.1) is 6.04 Å². The summed E-state index contributed by atoms with van der Waals surface area (Å²) in [4.78, 5) is -0.326. The molecule has 3 rings (SSSR count). The molecule has 0 saturated carbocycles. The van der Waals surface area contributed by atoms with Gasteiger partial charge in [-0.15, -0.1) is 0 Å². The van der Waals surface area contributed by atoms with Crippen molar-refractivity contribution in [1.82, 2.24) is 4.31 Å². The largest absolute Gasteiger partial charge is 0.246 e. The molecule has 0 spiro atoms. The molecule has 0 amide bonds. The van der Waals surface area contributed by atoms with Crippen LogP contribution in [0.3, 0.4) is 0 Å². The highest BCUT2D eigenvalue weighted by Crippen LogP contribution is 2.35. The topological polar surface area (TPSA) is 37.4 Å². The fourth-order valence-corrected chi connectivity index (χ4v) is 4.95. The van der Waals surface area contributed by atoms with Crippen molar-refractivity contribution in [3.8, 4) is 0 Å². The standard InChI is InChI=1S/C18H19F2NO2S/c19-15-8-6-7-14(13-15)17-10-2-1-5-12-21(17)24(22,23)18-11-4-3-9-16(18)20/h3-4,6-9,11,13,17H,1-2,5,10,12H2/t17-/m1/s1. The zero-order chi connectivity index (χ0) is 17.2. The lowest BCUT2D eigenvalue weighted by Gasteiger charge is -2.29. The fourth-order valence-electron chi connectivity index (χ4n) is 3.20. The van der Waals surface area contributed by atoms with Gasteiger partial charge in [-0.2, -0.15) is 4.31 Å².